The summed E-state index contributed by atoms with van der Waals surface area (Å²) in [5.41, 5.74) is 7.06. The molecule has 1 aliphatic carbocycles. The predicted molar refractivity (Wildman–Crippen MR) is 109 cm³/mol. The summed E-state index contributed by atoms with van der Waals surface area (Å²) >= 11 is 1.93. The lowest BCUT2D eigenvalue weighted by molar-refractivity contribution is -0.135. The molecule has 0 aromatic heterocycles. The van der Waals surface area contributed by atoms with Crippen LogP contribution < -0.4 is 21.5 Å². The number of nitrogens with zero attached hydrogens (tertiary/aromatic N) is 1. The number of thioether (sulfide) groups is 1. The Hall–Kier alpha value is -0.600. The standard InChI is InChI=1S/C20H33N5OS/c1-2-17-19(21-11-27-17)18-13-10-25(8-7-15(13)23-24-18)20(26)16-9-12-5-3-4-6-14(12)22-16/h2,12-19,21-24H,1,3-11H2. The van der Waals surface area contributed by atoms with Crippen molar-refractivity contribution in [2.24, 2.45) is 11.8 Å². The molecule has 0 bridgehead atoms. The van der Waals surface area contributed by atoms with Crippen LogP contribution in [-0.2, 0) is 4.79 Å². The highest BCUT2D eigenvalue weighted by molar-refractivity contribution is 8.00. The molecule has 5 aliphatic rings. The first-order valence-electron chi connectivity index (χ1n) is 10.8. The van der Waals surface area contributed by atoms with Crippen LogP contribution in [0.1, 0.15) is 38.5 Å². The molecule has 4 N–H and O–H groups in total. The molecular weight excluding hydrogens is 358 g/mol. The van der Waals surface area contributed by atoms with Crippen LogP contribution in [0.4, 0.5) is 0 Å². The lowest BCUT2D eigenvalue weighted by Gasteiger charge is -2.39. The van der Waals surface area contributed by atoms with Gasteiger partial charge in [-0.3, -0.25) is 15.6 Å². The van der Waals surface area contributed by atoms with Gasteiger partial charge < -0.3 is 15.5 Å². The number of nitrogens with one attached hydrogen (secondary N) is 4. The highest BCUT2D eigenvalue weighted by Crippen LogP contribution is 2.36. The minimum Gasteiger partial charge on any atom is -0.341 e. The highest BCUT2D eigenvalue weighted by atomic mass is 32.2. The van der Waals surface area contributed by atoms with E-state index in [4.69, 9.17) is 0 Å². The van der Waals surface area contributed by atoms with Crippen LogP contribution in [0.5, 0.6) is 0 Å². The van der Waals surface area contributed by atoms with E-state index >= 15 is 0 Å². The van der Waals surface area contributed by atoms with Gasteiger partial charge in [0.15, 0.2) is 0 Å². The van der Waals surface area contributed by atoms with Crippen molar-refractivity contribution in [1.82, 2.24) is 26.4 Å². The summed E-state index contributed by atoms with van der Waals surface area (Å²) in [4.78, 5) is 15.4. The van der Waals surface area contributed by atoms with Gasteiger partial charge in [0.05, 0.1) is 6.04 Å². The molecule has 0 aromatic carbocycles. The van der Waals surface area contributed by atoms with Crippen molar-refractivity contribution >= 4 is 17.7 Å². The maximum absolute atomic E-state index is 13.3. The molecule has 7 heteroatoms. The largest absolute Gasteiger partial charge is 0.341 e. The van der Waals surface area contributed by atoms with E-state index < -0.39 is 0 Å². The van der Waals surface area contributed by atoms with Gasteiger partial charge in [-0.1, -0.05) is 18.9 Å². The fourth-order valence-electron chi connectivity index (χ4n) is 6.13. The van der Waals surface area contributed by atoms with E-state index in [9.17, 15) is 4.79 Å². The van der Waals surface area contributed by atoms with E-state index in [1.807, 2.05) is 11.8 Å². The van der Waals surface area contributed by atoms with Gasteiger partial charge in [0.1, 0.15) is 0 Å². The van der Waals surface area contributed by atoms with Crippen LogP contribution >= 0.6 is 11.8 Å². The Morgan fingerprint density at radius 2 is 2.00 bits per heavy atom. The normalized spacial score (nSPS) is 46.9. The molecular formula is C20H33N5OS. The van der Waals surface area contributed by atoms with Crippen LogP contribution in [0.3, 0.4) is 0 Å². The number of carbonyl (C=O) groups excluding carboxylic acids is 1. The molecule has 8 atom stereocenters. The van der Waals surface area contributed by atoms with Gasteiger partial charge in [-0.15, -0.1) is 18.3 Å². The van der Waals surface area contributed by atoms with E-state index in [1.165, 1.54) is 25.7 Å². The molecule has 6 nitrogen and oxygen atoms in total. The summed E-state index contributed by atoms with van der Waals surface area (Å²) in [5, 5.41) is 7.76. The maximum Gasteiger partial charge on any atom is 0.239 e. The Morgan fingerprint density at radius 1 is 1.11 bits per heavy atom. The number of rotatable bonds is 3. The molecule has 8 unspecified atom stereocenters. The fourth-order valence-corrected chi connectivity index (χ4v) is 7.22. The van der Waals surface area contributed by atoms with E-state index in [1.54, 1.807) is 0 Å². The Morgan fingerprint density at radius 3 is 2.85 bits per heavy atom. The number of likely N-dealkylation sites (tertiary alicyclic amines) is 1. The van der Waals surface area contributed by atoms with Gasteiger partial charge in [-0.05, 0) is 31.6 Å². The van der Waals surface area contributed by atoms with E-state index in [-0.39, 0.29) is 6.04 Å². The van der Waals surface area contributed by atoms with Gasteiger partial charge in [0, 0.05) is 54.3 Å². The molecule has 0 radical (unpaired) electrons. The van der Waals surface area contributed by atoms with Crippen molar-refractivity contribution in [1.29, 1.82) is 0 Å². The topological polar surface area (TPSA) is 68.4 Å². The number of hydrazine groups is 1. The second-order valence-corrected chi connectivity index (χ2v) is 10.2. The summed E-state index contributed by atoms with van der Waals surface area (Å²) in [7, 11) is 0. The number of hydrogen-bond acceptors (Lipinski definition) is 6. The van der Waals surface area contributed by atoms with Gasteiger partial charge in [-0.25, -0.2) is 0 Å². The van der Waals surface area contributed by atoms with E-state index in [0.29, 0.717) is 41.2 Å². The fraction of sp³-hybridized carbons (Fsp3) is 0.850. The Kier molecular flexibility index (Phi) is 5.24. The molecule has 0 spiro atoms. The summed E-state index contributed by atoms with van der Waals surface area (Å²) in [6.45, 7) is 5.77. The molecule has 0 aromatic rings. The molecule has 1 saturated carbocycles. The Balaban J connectivity index is 1.24. The second-order valence-electron chi connectivity index (χ2n) is 9.00. The quantitative estimate of drug-likeness (QED) is 0.534. The van der Waals surface area contributed by atoms with Crippen LogP contribution in [0.25, 0.3) is 0 Å². The number of fused-ring (bicyclic) bond motifs is 2. The van der Waals surface area contributed by atoms with Crippen molar-refractivity contribution in [3.63, 3.8) is 0 Å². The zero-order valence-corrected chi connectivity index (χ0v) is 16.8. The average Bonchev–Trinajstić information content (AvgIpc) is 3.42. The predicted octanol–water partition coefficient (Wildman–Crippen LogP) is 0.818. The van der Waals surface area contributed by atoms with Crippen molar-refractivity contribution < 1.29 is 4.79 Å². The van der Waals surface area contributed by atoms with Crippen molar-refractivity contribution in [3.05, 3.63) is 12.7 Å². The zero-order valence-electron chi connectivity index (χ0n) is 16.0. The number of carbonyl (C=O) groups is 1. The third-order valence-corrected chi connectivity index (χ3v) is 8.80. The summed E-state index contributed by atoms with van der Waals surface area (Å²) in [5.74, 6) is 2.52. The number of hydrogen-bond donors (Lipinski definition) is 4. The minimum atomic E-state index is 0.0523. The maximum atomic E-state index is 13.3. The summed E-state index contributed by atoms with van der Waals surface area (Å²) in [6.07, 6.45) is 9.37. The molecule has 27 heavy (non-hydrogen) atoms. The van der Waals surface area contributed by atoms with Crippen LogP contribution in [-0.4, -0.2) is 65.2 Å². The molecule has 1 amide bonds. The van der Waals surface area contributed by atoms with Crippen LogP contribution in [0, 0.1) is 11.8 Å². The third kappa shape index (κ3) is 3.35. The van der Waals surface area contributed by atoms with Crippen molar-refractivity contribution in [2.45, 2.75) is 74.0 Å². The average molecular weight is 392 g/mol. The lowest BCUT2D eigenvalue weighted by atomic mass is 9.83. The van der Waals surface area contributed by atoms with E-state index in [0.717, 1.165) is 37.7 Å². The highest BCUT2D eigenvalue weighted by Gasteiger charge is 2.48. The SMILES string of the molecule is C=CC1SCNC1C1NNC2CCN(C(=O)C3CC4CCCCC4N3)CC21. The first kappa shape index (κ1) is 18.4. The monoisotopic (exact) mass is 391 g/mol. The smallest absolute Gasteiger partial charge is 0.239 e. The van der Waals surface area contributed by atoms with Crippen molar-refractivity contribution in [3.8, 4) is 0 Å². The molecule has 5 fully saturated rings. The number of piperidine rings is 1. The molecule has 4 heterocycles. The first-order chi connectivity index (χ1) is 13.2. The minimum absolute atomic E-state index is 0.0523. The van der Waals surface area contributed by atoms with Crippen LogP contribution in [0.15, 0.2) is 12.7 Å². The summed E-state index contributed by atoms with van der Waals surface area (Å²) in [6, 6.07) is 1.84. The zero-order chi connectivity index (χ0) is 18.4. The molecule has 4 aliphatic heterocycles. The summed E-state index contributed by atoms with van der Waals surface area (Å²) < 4.78 is 0. The van der Waals surface area contributed by atoms with Gasteiger partial charge in [-0.2, -0.15) is 0 Å². The van der Waals surface area contributed by atoms with Gasteiger partial charge in [0.2, 0.25) is 5.91 Å². The molecule has 150 valence electrons. The van der Waals surface area contributed by atoms with Gasteiger partial charge >= 0.3 is 0 Å². The first-order valence-corrected chi connectivity index (χ1v) is 11.8. The second kappa shape index (κ2) is 7.67. The molecule has 5 rings (SSSR count). The van der Waals surface area contributed by atoms with E-state index in [2.05, 4.69) is 39.0 Å². The van der Waals surface area contributed by atoms with Crippen LogP contribution in [0.2, 0.25) is 0 Å². The lowest BCUT2D eigenvalue weighted by Crippen LogP contribution is -2.56. The van der Waals surface area contributed by atoms with Crippen molar-refractivity contribution in [2.75, 3.05) is 19.0 Å². The molecule has 4 saturated heterocycles. The number of amides is 1. The Bertz CT molecular complexity index is 575. The third-order valence-electron chi connectivity index (χ3n) is 7.60. The Labute approximate surface area is 166 Å². The van der Waals surface area contributed by atoms with Gasteiger partial charge in [0.25, 0.3) is 0 Å².